The summed E-state index contributed by atoms with van der Waals surface area (Å²) < 4.78 is 20.8. The number of carboxylic acid groups (broad SMARTS) is 1. The van der Waals surface area contributed by atoms with E-state index >= 15 is 0 Å². The number of hydrogen-bond donors (Lipinski definition) is 2. The summed E-state index contributed by atoms with van der Waals surface area (Å²) in [5.41, 5.74) is -0.240. The molecule has 2 N–H and O–H groups in total. The fourth-order valence-electron chi connectivity index (χ4n) is 3.22. The SMILES string of the molecule is COc1ccc(OC)c(NC(=O)[C@@H](OC(=O)c2ccccc2Cl)[C@H](OC(=O)c2ccccc2Cl)C(=O)O)c1. The van der Waals surface area contributed by atoms with E-state index in [9.17, 15) is 24.3 Å². The van der Waals surface area contributed by atoms with Gasteiger partial charge in [-0.05, 0) is 36.4 Å². The number of esters is 2. The Morgan fingerprint density at radius 1 is 0.763 bits per heavy atom. The molecule has 0 aliphatic carbocycles. The maximum atomic E-state index is 13.4. The summed E-state index contributed by atoms with van der Waals surface area (Å²) in [5, 5.41) is 12.3. The predicted molar refractivity (Wildman–Crippen MR) is 137 cm³/mol. The fourth-order valence-corrected chi connectivity index (χ4v) is 3.65. The second-order valence-electron chi connectivity index (χ2n) is 7.51. The van der Waals surface area contributed by atoms with Crippen LogP contribution in [0.1, 0.15) is 20.7 Å². The van der Waals surface area contributed by atoms with Crippen molar-refractivity contribution in [2.45, 2.75) is 12.2 Å². The molecule has 0 spiro atoms. The van der Waals surface area contributed by atoms with Crippen LogP contribution in [0, 0.1) is 0 Å². The highest BCUT2D eigenvalue weighted by Gasteiger charge is 2.41. The Morgan fingerprint density at radius 3 is 1.76 bits per heavy atom. The molecule has 12 heteroatoms. The number of carboxylic acids is 1. The van der Waals surface area contributed by atoms with E-state index in [1.165, 1.54) is 62.8 Å². The molecule has 0 unspecified atom stereocenters. The van der Waals surface area contributed by atoms with Crippen LogP contribution in [0.4, 0.5) is 5.69 Å². The highest BCUT2D eigenvalue weighted by Crippen LogP contribution is 2.30. The van der Waals surface area contributed by atoms with E-state index in [0.717, 1.165) is 0 Å². The normalized spacial score (nSPS) is 12.0. The topological polar surface area (TPSA) is 137 Å². The standard InChI is InChI=1S/C26H21Cl2NO9/c1-35-14-11-12-20(36-2)19(13-14)29-23(30)21(37-25(33)15-7-3-5-9-17(15)27)22(24(31)32)38-26(34)16-8-4-6-10-18(16)28/h3-13,21-22H,1-2H3,(H,29,30)(H,31,32)/t21-,22-/m0/s1. The molecule has 0 aromatic heterocycles. The molecule has 198 valence electrons. The van der Waals surface area contributed by atoms with Crippen LogP contribution in [-0.2, 0) is 19.1 Å². The van der Waals surface area contributed by atoms with Crippen molar-refractivity contribution < 1.29 is 43.2 Å². The zero-order valence-corrected chi connectivity index (χ0v) is 21.5. The molecule has 3 aromatic carbocycles. The van der Waals surface area contributed by atoms with E-state index in [4.69, 9.17) is 42.1 Å². The molecule has 2 atom stereocenters. The average Bonchev–Trinajstić information content (AvgIpc) is 2.90. The summed E-state index contributed by atoms with van der Waals surface area (Å²) in [4.78, 5) is 51.2. The number of aliphatic carboxylic acids is 1. The summed E-state index contributed by atoms with van der Waals surface area (Å²) in [6.45, 7) is 0. The van der Waals surface area contributed by atoms with E-state index in [0.29, 0.717) is 5.75 Å². The lowest BCUT2D eigenvalue weighted by Gasteiger charge is -2.24. The number of anilines is 1. The number of ether oxygens (including phenoxy) is 4. The van der Waals surface area contributed by atoms with Gasteiger partial charge in [-0.15, -0.1) is 0 Å². The molecule has 0 aliphatic rings. The Hall–Kier alpha value is -4.28. The molecule has 0 saturated heterocycles. The van der Waals surface area contributed by atoms with Gasteiger partial charge in [0.2, 0.25) is 12.2 Å². The van der Waals surface area contributed by atoms with E-state index in [1.54, 1.807) is 18.2 Å². The van der Waals surface area contributed by atoms with Gasteiger partial charge in [0, 0.05) is 6.07 Å². The Balaban J connectivity index is 2.00. The molecule has 3 rings (SSSR count). The minimum Gasteiger partial charge on any atom is -0.497 e. The number of carbonyl (C=O) groups is 4. The molecule has 38 heavy (non-hydrogen) atoms. The number of nitrogens with one attached hydrogen (secondary N) is 1. The third-order valence-corrected chi connectivity index (χ3v) is 5.76. The highest BCUT2D eigenvalue weighted by atomic mass is 35.5. The fraction of sp³-hybridized carbons (Fsp3) is 0.154. The summed E-state index contributed by atoms with van der Waals surface area (Å²) in [6.07, 6.45) is -4.44. The minimum absolute atomic E-state index is 0.00828. The van der Waals surface area contributed by atoms with Gasteiger partial charge in [-0.2, -0.15) is 0 Å². The van der Waals surface area contributed by atoms with E-state index < -0.39 is 36.0 Å². The molecule has 10 nitrogen and oxygen atoms in total. The summed E-state index contributed by atoms with van der Waals surface area (Å²) in [5.74, 6) is -4.67. The van der Waals surface area contributed by atoms with Gasteiger partial charge in [0.1, 0.15) is 11.5 Å². The lowest BCUT2D eigenvalue weighted by Crippen LogP contribution is -2.48. The first-order valence-corrected chi connectivity index (χ1v) is 11.6. The number of amides is 1. The number of benzene rings is 3. The average molecular weight is 562 g/mol. The molecule has 1 amide bonds. The number of methoxy groups -OCH3 is 2. The van der Waals surface area contributed by atoms with Gasteiger partial charge in [-0.1, -0.05) is 47.5 Å². The van der Waals surface area contributed by atoms with Gasteiger partial charge in [-0.3, -0.25) is 4.79 Å². The van der Waals surface area contributed by atoms with Gasteiger partial charge in [-0.25, -0.2) is 14.4 Å². The zero-order valence-electron chi connectivity index (χ0n) is 20.0. The second kappa shape index (κ2) is 12.8. The number of hydrogen-bond acceptors (Lipinski definition) is 8. The first kappa shape index (κ1) is 28.3. The molecular formula is C26H21Cl2NO9. The van der Waals surface area contributed by atoms with Gasteiger partial charge in [0.15, 0.2) is 0 Å². The van der Waals surface area contributed by atoms with Crippen LogP contribution >= 0.6 is 23.2 Å². The first-order valence-electron chi connectivity index (χ1n) is 10.8. The molecule has 0 bridgehead atoms. The van der Waals surface area contributed by atoms with Crippen LogP contribution in [0.15, 0.2) is 66.7 Å². The van der Waals surface area contributed by atoms with Gasteiger partial charge < -0.3 is 29.4 Å². The third kappa shape index (κ3) is 6.72. The van der Waals surface area contributed by atoms with Crippen molar-refractivity contribution in [1.29, 1.82) is 0 Å². The quantitative estimate of drug-likeness (QED) is 0.343. The Kier molecular flexibility index (Phi) is 9.53. The zero-order chi connectivity index (χ0) is 27.8. The Bertz CT molecular complexity index is 1360. The van der Waals surface area contributed by atoms with Crippen molar-refractivity contribution in [3.05, 3.63) is 87.9 Å². The smallest absolute Gasteiger partial charge is 0.349 e. The largest absolute Gasteiger partial charge is 0.497 e. The van der Waals surface area contributed by atoms with Gasteiger partial charge in [0.25, 0.3) is 5.91 Å². The Morgan fingerprint density at radius 2 is 1.29 bits per heavy atom. The highest BCUT2D eigenvalue weighted by molar-refractivity contribution is 6.34. The van der Waals surface area contributed by atoms with Gasteiger partial charge >= 0.3 is 17.9 Å². The van der Waals surface area contributed by atoms with Crippen LogP contribution in [-0.4, -0.2) is 55.3 Å². The molecule has 3 aromatic rings. The van der Waals surface area contributed by atoms with Crippen LogP contribution in [0.25, 0.3) is 0 Å². The van der Waals surface area contributed by atoms with Crippen molar-refractivity contribution in [1.82, 2.24) is 0 Å². The van der Waals surface area contributed by atoms with Crippen LogP contribution in [0.3, 0.4) is 0 Å². The maximum Gasteiger partial charge on any atom is 0.349 e. The molecule has 0 fully saturated rings. The van der Waals surface area contributed by atoms with Crippen LogP contribution < -0.4 is 14.8 Å². The minimum atomic E-state index is -2.28. The molecular weight excluding hydrogens is 541 g/mol. The lowest BCUT2D eigenvalue weighted by molar-refractivity contribution is -0.157. The van der Waals surface area contributed by atoms with E-state index in [1.807, 2.05) is 0 Å². The van der Waals surface area contributed by atoms with Crippen molar-refractivity contribution in [2.24, 2.45) is 0 Å². The van der Waals surface area contributed by atoms with Crippen LogP contribution in [0.2, 0.25) is 10.0 Å². The number of halogens is 2. The van der Waals surface area contributed by atoms with Crippen molar-refractivity contribution in [3.63, 3.8) is 0 Å². The number of carbonyl (C=O) groups excluding carboxylic acids is 3. The maximum absolute atomic E-state index is 13.4. The molecule has 0 heterocycles. The summed E-state index contributed by atoms with van der Waals surface area (Å²) >= 11 is 12.1. The van der Waals surface area contributed by atoms with E-state index in [2.05, 4.69) is 5.32 Å². The third-order valence-electron chi connectivity index (χ3n) is 5.10. The predicted octanol–water partition coefficient (Wildman–Crippen LogP) is 4.48. The van der Waals surface area contributed by atoms with Crippen molar-refractivity contribution in [2.75, 3.05) is 19.5 Å². The van der Waals surface area contributed by atoms with Crippen molar-refractivity contribution >= 4 is 52.7 Å². The second-order valence-corrected chi connectivity index (χ2v) is 8.32. The van der Waals surface area contributed by atoms with Crippen molar-refractivity contribution in [3.8, 4) is 11.5 Å². The summed E-state index contributed by atoms with van der Waals surface area (Å²) in [7, 11) is 2.74. The summed E-state index contributed by atoms with van der Waals surface area (Å²) in [6, 6.07) is 16.0. The molecule has 0 aliphatic heterocycles. The molecule has 0 radical (unpaired) electrons. The van der Waals surface area contributed by atoms with Gasteiger partial charge in [0.05, 0.1) is 41.1 Å². The molecule has 0 saturated carbocycles. The van der Waals surface area contributed by atoms with E-state index in [-0.39, 0.29) is 32.6 Å². The monoisotopic (exact) mass is 561 g/mol. The van der Waals surface area contributed by atoms with Crippen LogP contribution in [0.5, 0.6) is 11.5 Å². The lowest BCUT2D eigenvalue weighted by atomic mass is 10.1. The Labute approximate surface area is 227 Å². The number of rotatable bonds is 10. The first-order chi connectivity index (χ1) is 18.2.